The maximum atomic E-state index is 12.2. The molecule has 0 aliphatic carbocycles. The molecule has 0 saturated heterocycles. The molecule has 28 heavy (non-hydrogen) atoms. The van der Waals surface area contributed by atoms with Crippen LogP contribution in [-0.2, 0) is 4.79 Å². The van der Waals surface area contributed by atoms with E-state index in [2.05, 4.69) is 26.2 Å². The fourth-order valence-electron chi connectivity index (χ4n) is 2.61. The van der Waals surface area contributed by atoms with Gasteiger partial charge in [-0.05, 0) is 78.7 Å². The lowest BCUT2D eigenvalue weighted by Gasteiger charge is -2.08. The van der Waals surface area contributed by atoms with Crippen LogP contribution in [0.4, 0.5) is 5.13 Å². The third-order valence-electron chi connectivity index (χ3n) is 3.93. The molecule has 3 rings (SSSR count). The van der Waals surface area contributed by atoms with Crippen molar-refractivity contribution in [3.05, 3.63) is 57.4 Å². The quantitative estimate of drug-likeness (QED) is 0.497. The lowest BCUT2D eigenvalue weighted by Crippen LogP contribution is -2.20. The molecule has 0 aliphatic rings. The molecule has 0 unspecified atom stereocenters. The van der Waals surface area contributed by atoms with E-state index in [1.807, 2.05) is 63.2 Å². The number of carbonyl (C=O) groups excluding carboxylic acids is 1. The van der Waals surface area contributed by atoms with E-state index in [4.69, 9.17) is 9.47 Å². The number of hydrogen-bond acceptors (Lipinski definition) is 5. The van der Waals surface area contributed by atoms with Crippen LogP contribution in [0.1, 0.15) is 17.4 Å². The molecule has 0 radical (unpaired) electrons. The van der Waals surface area contributed by atoms with E-state index in [0.717, 1.165) is 31.9 Å². The summed E-state index contributed by atoms with van der Waals surface area (Å²) in [4.78, 5) is 17.8. The molecular formula is C21H21BrN2O3S. The van der Waals surface area contributed by atoms with Crippen LogP contribution >= 0.6 is 27.3 Å². The molecule has 0 aliphatic heterocycles. The third kappa shape index (κ3) is 5.11. The van der Waals surface area contributed by atoms with E-state index in [1.165, 1.54) is 11.3 Å². The van der Waals surface area contributed by atoms with E-state index >= 15 is 0 Å². The Hall–Kier alpha value is -2.38. The molecule has 0 fully saturated rings. The first-order valence-electron chi connectivity index (χ1n) is 8.85. The Morgan fingerprint density at radius 3 is 2.57 bits per heavy atom. The summed E-state index contributed by atoms with van der Waals surface area (Å²) >= 11 is 4.88. The summed E-state index contributed by atoms with van der Waals surface area (Å²) < 4.78 is 11.9. The average Bonchev–Trinajstić information content (AvgIpc) is 3.02. The Morgan fingerprint density at radius 1 is 1.14 bits per heavy atom. The molecule has 1 amide bonds. The Morgan fingerprint density at radius 2 is 1.89 bits per heavy atom. The summed E-state index contributed by atoms with van der Waals surface area (Å²) in [7, 11) is 0. The fourth-order valence-corrected chi connectivity index (χ4v) is 4.07. The molecule has 1 aromatic heterocycles. The van der Waals surface area contributed by atoms with Crippen molar-refractivity contribution in [1.29, 1.82) is 0 Å². The number of carbonyl (C=O) groups is 1. The molecule has 5 nitrogen and oxygen atoms in total. The van der Waals surface area contributed by atoms with Gasteiger partial charge in [0.25, 0.3) is 5.91 Å². The number of aryl methyl sites for hydroxylation is 2. The standard InChI is InChI=1S/C21H21BrN2O3S/c1-4-26-16-8-6-15(7-9-16)20-14(3)28-21(24-20)23-19(25)12-27-18-10-5-13(2)11-17(18)22/h5-11H,4,12H2,1-3H3,(H,23,24,25). The Balaban J connectivity index is 1.63. The number of hydrogen-bond donors (Lipinski definition) is 1. The Labute approximate surface area is 176 Å². The molecule has 1 heterocycles. The second-order valence-electron chi connectivity index (χ2n) is 6.15. The molecule has 3 aromatic rings. The van der Waals surface area contributed by atoms with Crippen molar-refractivity contribution < 1.29 is 14.3 Å². The maximum absolute atomic E-state index is 12.2. The van der Waals surface area contributed by atoms with Crippen molar-refractivity contribution in [3.8, 4) is 22.8 Å². The number of anilines is 1. The van der Waals surface area contributed by atoms with Gasteiger partial charge in [0, 0.05) is 10.4 Å². The fraction of sp³-hybridized carbons (Fsp3) is 0.238. The number of halogens is 1. The normalized spacial score (nSPS) is 10.6. The van der Waals surface area contributed by atoms with E-state index in [1.54, 1.807) is 0 Å². The summed E-state index contributed by atoms with van der Waals surface area (Å²) in [5.74, 6) is 1.21. The number of nitrogens with one attached hydrogen (secondary N) is 1. The highest BCUT2D eigenvalue weighted by atomic mass is 79.9. The minimum Gasteiger partial charge on any atom is -0.494 e. The van der Waals surface area contributed by atoms with Crippen LogP contribution in [0.2, 0.25) is 0 Å². The number of aromatic nitrogens is 1. The predicted octanol–water partition coefficient (Wildman–Crippen LogP) is 5.61. The zero-order valence-corrected chi connectivity index (χ0v) is 18.3. The monoisotopic (exact) mass is 460 g/mol. The van der Waals surface area contributed by atoms with Gasteiger partial charge in [-0.1, -0.05) is 6.07 Å². The molecule has 0 atom stereocenters. The molecule has 0 saturated carbocycles. The number of ether oxygens (including phenoxy) is 2. The van der Waals surface area contributed by atoms with Crippen molar-refractivity contribution in [2.45, 2.75) is 20.8 Å². The second kappa shape index (κ2) is 9.21. The summed E-state index contributed by atoms with van der Waals surface area (Å²) in [6.07, 6.45) is 0. The third-order valence-corrected chi connectivity index (χ3v) is 5.43. The van der Waals surface area contributed by atoms with Gasteiger partial charge in [-0.3, -0.25) is 10.1 Å². The van der Waals surface area contributed by atoms with Gasteiger partial charge in [-0.2, -0.15) is 0 Å². The van der Waals surface area contributed by atoms with Gasteiger partial charge in [0.15, 0.2) is 11.7 Å². The molecule has 146 valence electrons. The molecule has 0 bridgehead atoms. The highest BCUT2D eigenvalue weighted by molar-refractivity contribution is 9.10. The lowest BCUT2D eigenvalue weighted by atomic mass is 10.1. The van der Waals surface area contributed by atoms with Gasteiger partial charge in [0.05, 0.1) is 16.8 Å². The van der Waals surface area contributed by atoms with Crippen molar-refractivity contribution in [1.82, 2.24) is 4.98 Å². The van der Waals surface area contributed by atoms with Gasteiger partial charge in [-0.25, -0.2) is 4.98 Å². The largest absolute Gasteiger partial charge is 0.494 e. The second-order valence-corrected chi connectivity index (χ2v) is 8.21. The SMILES string of the molecule is CCOc1ccc(-c2nc(NC(=O)COc3ccc(C)cc3Br)sc2C)cc1. The van der Waals surface area contributed by atoms with Gasteiger partial charge in [-0.15, -0.1) is 11.3 Å². The van der Waals surface area contributed by atoms with Crippen LogP contribution < -0.4 is 14.8 Å². The zero-order valence-electron chi connectivity index (χ0n) is 15.9. The highest BCUT2D eigenvalue weighted by Crippen LogP contribution is 2.31. The van der Waals surface area contributed by atoms with Crippen LogP contribution in [0.15, 0.2) is 46.9 Å². The van der Waals surface area contributed by atoms with Crippen LogP contribution in [0, 0.1) is 13.8 Å². The van der Waals surface area contributed by atoms with Crippen LogP contribution in [0.25, 0.3) is 11.3 Å². The number of rotatable bonds is 7. The van der Waals surface area contributed by atoms with Crippen molar-refractivity contribution >= 4 is 38.3 Å². The Bertz CT molecular complexity index is 970. The highest BCUT2D eigenvalue weighted by Gasteiger charge is 2.13. The van der Waals surface area contributed by atoms with Crippen molar-refractivity contribution in [3.63, 3.8) is 0 Å². The average molecular weight is 461 g/mol. The van der Waals surface area contributed by atoms with Crippen molar-refractivity contribution in [2.75, 3.05) is 18.5 Å². The van der Waals surface area contributed by atoms with Crippen LogP contribution in [-0.4, -0.2) is 24.1 Å². The summed E-state index contributed by atoms with van der Waals surface area (Å²) in [5, 5.41) is 3.36. The van der Waals surface area contributed by atoms with Gasteiger partial charge >= 0.3 is 0 Å². The minimum atomic E-state index is -0.250. The van der Waals surface area contributed by atoms with E-state index in [9.17, 15) is 4.79 Å². The number of thiazole rings is 1. The summed E-state index contributed by atoms with van der Waals surface area (Å²) in [5.41, 5.74) is 2.95. The van der Waals surface area contributed by atoms with Gasteiger partial charge < -0.3 is 9.47 Å². The van der Waals surface area contributed by atoms with Crippen LogP contribution in [0.3, 0.4) is 0 Å². The van der Waals surface area contributed by atoms with E-state index in [0.29, 0.717) is 17.5 Å². The number of benzene rings is 2. The van der Waals surface area contributed by atoms with Gasteiger partial charge in [0.1, 0.15) is 11.5 Å². The predicted molar refractivity (Wildman–Crippen MR) is 116 cm³/mol. The molecule has 0 spiro atoms. The molecule has 1 N–H and O–H groups in total. The summed E-state index contributed by atoms with van der Waals surface area (Å²) in [6, 6.07) is 13.5. The maximum Gasteiger partial charge on any atom is 0.264 e. The van der Waals surface area contributed by atoms with E-state index in [-0.39, 0.29) is 12.5 Å². The Kier molecular flexibility index (Phi) is 6.70. The smallest absolute Gasteiger partial charge is 0.264 e. The van der Waals surface area contributed by atoms with Crippen molar-refractivity contribution in [2.24, 2.45) is 0 Å². The number of amides is 1. The van der Waals surface area contributed by atoms with E-state index < -0.39 is 0 Å². The summed E-state index contributed by atoms with van der Waals surface area (Å²) in [6.45, 7) is 6.48. The van der Waals surface area contributed by atoms with Gasteiger partial charge in [0.2, 0.25) is 0 Å². The van der Waals surface area contributed by atoms with Crippen LogP contribution in [0.5, 0.6) is 11.5 Å². The molecule has 2 aromatic carbocycles. The molecular weight excluding hydrogens is 440 g/mol. The first-order chi connectivity index (χ1) is 13.5. The topological polar surface area (TPSA) is 60.5 Å². The molecule has 7 heteroatoms. The zero-order chi connectivity index (χ0) is 20.1. The first kappa shape index (κ1) is 20.4. The lowest BCUT2D eigenvalue weighted by molar-refractivity contribution is -0.118. The number of nitrogens with zero attached hydrogens (tertiary/aromatic N) is 1. The minimum absolute atomic E-state index is 0.0846. The first-order valence-corrected chi connectivity index (χ1v) is 10.5.